The fourth-order valence-electron chi connectivity index (χ4n) is 3.57. The first-order valence-corrected chi connectivity index (χ1v) is 7.15. The number of likely N-dealkylation sites (N-methyl/N-ethyl adjacent to an activating group) is 1. The van der Waals surface area contributed by atoms with Crippen LogP contribution in [-0.4, -0.2) is 48.6 Å². The summed E-state index contributed by atoms with van der Waals surface area (Å²) in [6.45, 7) is 8.63. The highest BCUT2D eigenvalue weighted by Crippen LogP contribution is 2.30. The van der Waals surface area contributed by atoms with Crippen molar-refractivity contribution in [2.24, 2.45) is 5.92 Å². The summed E-state index contributed by atoms with van der Waals surface area (Å²) in [4.78, 5) is 5.33. The van der Waals surface area contributed by atoms with Crippen LogP contribution in [0.1, 0.15) is 46.0 Å². The van der Waals surface area contributed by atoms with Gasteiger partial charge >= 0.3 is 0 Å². The third-order valence-corrected chi connectivity index (χ3v) is 4.58. The van der Waals surface area contributed by atoms with Crippen LogP contribution in [0.15, 0.2) is 0 Å². The highest BCUT2D eigenvalue weighted by Gasteiger charge is 2.31. The molecule has 0 aromatic rings. The number of nitrogens with zero attached hydrogens (tertiary/aromatic N) is 2. The van der Waals surface area contributed by atoms with Gasteiger partial charge in [-0.05, 0) is 32.2 Å². The summed E-state index contributed by atoms with van der Waals surface area (Å²) in [5.74, 6) is 0.955. The topological polar surface area (TPSA) is 6.48 Å². The van der Waals surface area contributed by atoms with Crippen LogP contribution in [0.25, 0.3) is 0 Å². The normalized spacial score (nSPS) is 38.8. The largest absolute Gasteiger partial charge is 0.304 e. The van der Waals surface area contributed by atoms with Crippen LogP contribution in [0.4, 0.5) is 0 Å². The Morgan fingerprint density at radius 2 is 2.00 bits per heavy atom. The van der Waals surface area contributed by atoms with Gasteiger partial charge in [0.05, 0.1) is 0 Å². The molecule has 3 atom stereocenters. The number of piperazine rings is 1. The molecule has 0 amide bonds. The van der Waals surface area contributed by atoms with Crippen molar-refractivity contribution in [3.05, 3.63) is 0 Å². The molecule has 1 saturated heterocycles. The van der Waals surface area contributed by atoms with E-state index in [0.717, 1.165) is 18.0 Å². The maximum Gasteiger partial charge on any atom is 0.0223 e. The Morgan fingerprint density at radius 3 is 2.69 bits per heavy atom. The Labute approximate surface area is 101 Å². The van der Waals surface area contributed by atoms with Gasteiger partial charge in [0, 0.05) is 31.7 Å². The van der Waals surface area contributed by atoms with E-state index in [1.807, 2.05) is 0 Å². The highest BCUT2D eigenvalue weighted by molar-refractivity contribution is 4.87. The Balaban J connectivity index is 1.95. The lowest BCUT2D eigenvalue weighted by Gasteiger charge is -2.46. The predicted octanol–water partition coefficient (Wildman–Crippen LogP) is 2.59. The van der Waals surface area contributed by atoms with Gasteiger partial charge in [0.25, 0.3) is 0 Å². The first kappa shape index (κ1) is 12.4. The minimum Gasteiger partial charge on any atom is -0.304 e. The maximum atomic E-state index is 2.83. The fourth-order valence-corrected chi connectivity index (χ4v) is 3.57. The quantitative estimate of drug-likeness (QED) is 0.711. The van der Waals surface area contributed by atoms with Gasteiger partial charge in [-0.3, -0.25) is 4.90 Å². The second-order valence-electron chi connectivity index (χ2n) is 5.99. The van der Waals surface area contributed by atoms with E-state index in [2.05, 4.69) is 30.7 Å². The smallest absolute Gasteiger partial charge is 0.0223 e. The average Bonchev–Trinajstić information content (AvgIpc) is 2.28. The van der Waals surface area contributed by atoms with Crippen molar-refractivity contribution >= 4 is 0 Å². The van der Waals surface area contributed by atoms with E-state index in [4.69, 9.17) is 0 Å². The third kappa shape index (κ3) is 2.78. The molecular weight excluding hydrogens is 196 g/mol. The number of rotatable bonds is 2. The summed E-state index contributed by atoms with van der Waals surface area (Å²) in [5, 5.41) is 0. The van der Waals surface area contributed by atoms with Crippen molar-refractivity contribution < 1.29 is 0 Å². The van der Waals surface area contributed by atoms with Gasteiger partial charge in [-0.2, -0.15) is 0 Å². The van der Waals surface area contributed by atoms with Crippen molar-refractivity contribution in [3.63, 3.8) is 0 Å². The molecule has 2 nitrogen and oxygen atoms in total. The molecule has 3 unspecified atom stereocenters. The summed E-state index contributed by atoms with van der Waals surface area (Å²) in [5.41, 5.74) is 0. The monoisotopic (exact) mass is 224 g/mol. The minimum atomic E-state index is 0.814. The molecule has 1 aliphatic heterocycles. The van der Waals surface area contributed by atoms with Crippen LogP contribution in [0.2, 0.25) is 0 Å². The molecule has 0 radical (unpaired) electrons. The molecule has 1 aliphatic carbocycles. The molecule has 2 rings (SSSR count). The van der Waals surface area contributed by atoms with Crippen LogP contribution in [-0.2, 0) is 0 Å². The molecule has 94 valence electrons. The summed E-state index contributed by atoms with van der Waals surface area (Å²) >= 11 is 0. The molecule has 2 aliphatic rings. The summed E-state index contributed by atoms with van der Waals surface area (Å²) in [6, 6.07) is 1.71. The Kier molecular flexibility index (Phi) is 4.26. The zero-order valence-electron chi connectivity index (χ0n) is 11.3. The molecule has 1 saturated carbocycles. The van der Waals surface area contributed by atoms with Crippen molar-refractivity contribution in [1.82, 2.24) is 9.80 Å². The molecule has 16 heavy (non-hydrogen) atoms. The first-order valence-electron chi connectivity index (χ1n) is 7.15. The molecule has 1 heterocycles. The van der Waals surface area contributed by atoms with Crippen LogP contribution >= 0.6 is 0 Å². The minimum absolute atomic E-state index is 0.814. The number of hydrogen-bond acceptors (Lipinski definition) is 2. The van der Waals surface area contributed by atoms with Gasteiger partial charge in [-0.25, -0.2) is 0 Å². The zero-order chi connectivity index (χ0) is 11.5. The van der Waals surface area contributed by atoms with E-state index in [0.29, 0.717) is 0 Å². The van der Waals surface area contributed by atoms with E-state index in [1.165, 1.54) is 51.7 Å². The summed E-state index contributed by atoms with van der Waals surface area (Å²) in [6.07, 6.45) is 7.12. The molecule has 2 heteroatoms. The second-order valence-corrected chi connectivity index (χ2v) is 5.99. The van der Waals surface area contributed by atoms with E-state index < -0.39 is 0 Å². The lowest BCUT2D eigenvalue weighted by molar-refractivity contribution is 0.0275. The number of hydrogen-bond donors (Lipinski definition) is 0. The lowest BCUT2D eigenvalue weighted by atomic mass is 9.85. The van der Waals surface area contributed by atoms with Crippen LogP contribution in [0, 0.1) is 5.92 Å². The third-order valence-electron chi connectivity index (χ3n) is 4.58. The highest BCUT2D eigenvalue weighted by atomic mass is 15.3. The second kappa shape index (κ2) is 5.50. The van der Waals surface area contributed by atoms with Gasteiger partial charge < -0.3 is 4.90 Å². The van der Waals surface area contributed by atoms with Crippen molar-refractivity contribution in [3.8, 4) is 0 Å². The zero-order valence-corrected chi connectivity index (χ0v) is 11.3. The maximum absolute atomic E-state index is 2.83. The Bertz CT molecular complexity index is 217. The van der Waals surface area contributed by atoms with Crippen molar-refractivity contribution in [1.29, 1.82) is 0 Å². The standard InChI is InChI=1S/C14H28N2/c1-4-13-11-15(3)8-9-16(13)14-7-5-6-12(2)10-14/h12-14H,4-11H2,1-3H3. The van der Waals surface area contributed by atoms with Gasteiger partial charge in [0.2, 0.25) is 0 Å². The molecule has 0 bridgehead atoms. The SMILES string of the molecule is CCC1CN(C)CCN1C1CCCC(C)C1. The van der Waals surface area contributed by atoms with Crippen LogP contribution in [0.3, 0.4) is 0 Å². The molecular formula is C14H28N2. The van der Waals surface area contributed by atoms with Crippen LogP contribution < -0.4 is 0 Å². The average molecular weight is 224 g/mol. The van der Waals surface area contributed by atoms with Gasteiger partial charge in [0.1, 0.15) is 0 Å². The Morgan fingerprint density at radius 1 is 1.19 bits per heavy atom. The molecule has 0 aromatic carbocycles. The summed E-state index contributed by atoms with van der Waals surface area (Å²) < 4.78 is 0. The Hall–Kier alpha value is -0.0800. The van der Waals surface area contributed by atoms with E-state index in [9.17, 15) is 0 Å². The molecule has 0 N–H and O–H groups in total. The van der Waals surface area contributed by atoms with E-state index in [1.54, 1.807) is 0 Å². The summed E-state index contributed by atoms with van der Waals surface area (Å²) in [7, 11) is 2.27. The van der Waals surface area contributed by atoms with Crippen LogP contribution in [0.5, 0.6) is 0 Å². The van der Waals surface area contributed by atoms with E-state index >= 15 is 0 Å². The van der Waals surface area contributed by atoms with Gasteiger partial charge in [-0.1, -0.05) is 26.7 Å². The van der Waals surface area contributed by atoms with E-state index in [-0.39, 0.29) is 0 Å². The lowest BCUT2D eigenvalue weighted by Crippen LogP contribution is -2.56. The molecule has 0 spiro atoms. The van der Waals surface area contributed by atoms with Crippen molar-refractivity contribution in [2.45, 2.75) is 58.0 Å². The molecule has 0 aromatic heterocycles. The molecule has 2 fully saturated rings. The fraction of sp³-hybridized carbons (Fsp3) is 1.00. The predicted molar refractivity (Wildman–Crippen MR) is 69.7 cm³/mol. The van der Waals surface area contributed by atoms with Gasteiger partial charge in [-0.15, -0.1) is 0 Å². The van der Waals surface area contributed by atoms with Gasteiger partial charge in [0.15, 0.2) is 0 Å². The van der Waals surface area contributed by atoms with Crippen molar-refractivity contribution in [2.75, 3.05) is 26.7 Å². The first-order chi connectivity index (χ1) is 7.70.